The third kappa shape index (κ3) is 4.62. The molecular weight excluding hydrogens is 349 g/mol. The Morgan fingerprint density at radius 1 is 1.29 bits per heavy atom. The predicted molar refractivity (Wildman–Crippen MR) is 78.0 cm³/mol. The monoisotopic (exact) mass is 364 g/mol. The van der Waals surface area contributed by atoms with E-state index in [0.717, 1.165) is 37.8 Å². The van der Waals surface area contributed by atoms with Gasteiger partial charge in [0.15, 0.2) is 0 Å². The van der Waals surface area contributed by atoms with Crippen molar-refractivity contribution in [1.29, 1.82) is 0 Å². The smallest absolute Gasteiger partial charge is 0.375 e. The number of anilines is 1. The lowest BCUT2D eigenvalue weighted by Gasteiger charge is -2.15. The molecule has 1 aromatic carbocycles. The second-order valence-corrected chi connectivity index (χ2v) is 5.95. The second kappa shape index (κ2) is 6.68. The van der Waals surface area contributed by atoms with Gasteiger partial charge in [-0.2, -0.15) is 13.2 Å². The van der Waals surface area contributed by atoms with Crippen LogP contribution in [0.5, 0.6) is 0 Å². The van der Waals surface area contributed by atoms with E-state index in [1.165, 1.54) is 6.07 Å². The zero-order valence-electron chi connectivity index (χ0n) is 11.3. The molecule has 1 amide bonds. The van der Waals surface area contributed by atoms with Crippen molar-refractivity contribution in [2.75, 3.05) is 11.9 Å². The summed E-state index contributed by atoms with van der Waals surface area (Å²) < 4.78 is 38.4. The molecule has 1 aliphatic rings. The first-order valence-electron chi connectivity index (χ1n) is 6.76. The third-order valence-electron chi connectivity index (χ3n) is 3.45. The molecule has 1 aromatic rings. The van der Waals surface area contributed by atoms with Crippen molar-refractivity contribution in [2.24, 2.45) is 0 Å². The Hall–Kier alpha value is -1.24. The maximum absolute atomic E-state index is 12.6. The summed E-state index contributed by atoms with van der Waals surface area (Å²) >= 11 is 3.17. The average Bonchev–Trinajstić information content (AvgIpc) is 2.89. The number of nitrogens with one attached hydrogen (secondary N) is 2. The maximum Gasteiger partial charge on any atom is 0.416 e. The van der Waals surface area contributed by atoms with Crippen molar-refractivity contribution in [3.8, 4) is 0 Å². The Labute approximate surface area is 129 Å². The van der Waals surface area contributed by atoms with E-state index in [0.29, 0.717) is 4.47 Å². The molecule has 0 atom stereocenters. The minimum absolute atomic E-state index is 0.0452. The molecule has 1 fully saturated rings. The summed E-state index contributed by atoms with van der Waals surface area (Å²) in [4.78, 5) is 11.8. The molecule has 0 radical (unpaired) electrons. The number of rotatable bonds is 4. The van der Waals surface area contributed by atoms with Crippen LogP contribution < -0.4 is 10.6 Å². The Morgan fingerprint density at radius 2 is 1.95 bits per heavy atom. The standard InChI is InChI=1S/C14H16BrF3N2O/c15-11-6-5-9(14(16,17)18)7-12(11)19-8-13(21)20-10-3-1-2-4-10/h5-7,10,19H,1-4,8H2,(H,20,21). The molecule has 0 aliphatic heterocycles. The van der Waals surface area contributed by atoms with Crippen molar-refractivity contribution in [2.45, 2.75) is 37.9 Å². The number of hydrogen-bond acceptors (Lipinski definition) is 2. The summed E-state index contributed by atoms with van der Waals surface area (Å²) in [7, 11) is 0. The highest BCUT2D eigenvalue weighted by atomic mass is 79.9. The van der Waals surface area contributed by atoms with Crippen LogP contribution in [0.1, 0.15) is 31.2 Å². The second-order valence-electron chi connectivity index (χ2n) is 5.09. The molecule has 1 aliphatic carbocycles. The van der Waals surface area contributed by atoms with Crippen LogP contribution in [0.25, 0.3) is 0 Å². The van der Waals surface area contributed by atoms with Crippen molar-refractivity contribution < 1.29 is 18.0 Å². The number of carbonyl (C=O) groups excluding carboxylic acids is 1. The highest BCUT2D eigenvalue weighted by molar-refractivity contribution is 9.10. The van der Waals surface area contributed by atoms with Crippen molar-refractivity contribution in [3.63, 3.8) is 0 Å². The van der Waals surface area contributed by atoms with Gasteiger partial charge in [-0.15, -0.1) is 0 Å². The van der Waals surface area contributed by atoms with Gasteiger partial charge in [0.2, 0.25) is 5.91 Å². The molecule has 0 unspecified atom stereocenters. The minimum Gasteiger partial charge on any atom is -0.375 e. The molecule has 21 heavy (non-hydrogen) atoms. The minimum atomic E-state index is -4.40. The van der Waals surface area contributed by atoms with E-state index in [1.807, 2.05) is 0 Å². The van der Waals surface area contributed by atoms with Gasteiger partial charge in [-0.1, -0.05) is 12.8 Å². The lowest BCUT2D eigenvalue weighted by Crippen LogP contribution is -2.36. The van der Waals surface area contributed by atoms with E-state index in [4.69, 9.17) is 0 Å². The number of halogens is 4. The third-order valence-corrected chi connectivity index (χ3v) is 4.14. The van der Waals surface area contributed by atoms with Gasteiger partial charge in [-0.3, -0.25) is 4.79 Å². The quantitative estimate of drug-likeness (QED) is 0.849. The fourth-order valence-corrected chi connectivity index (χ4v) is 2.75. The molecule has 0 spiro atoms. The lowest BCUT2D eigenvalue weighted by atomic mass is 10.2. The van der Waals surface area contributed by atoms with Crippen LogP contribution in [-0.4, -0.2) is 18.5 Å². The van der Waals surface area contributed by atoms with Gasteiger partial charge in [-0.25, -0.2) is 0 Å². The van der Waals surface area contributed by atoms with Crippen LogP contribution in [0.3, 0.4) is 0 Å². The molecule has 1 saturated carbocycles. The molecule has 116 valence electrons. The first kappa shape index (κ1) is 16.1. The molecule has 2 rings (SSSR count). The molecule has 3 nitrogen and oxygen atoms in total. The number of hydrogen-bond donors (Lipinski definition) is 2. The summed E-state index contributed by atoms with van der Waals surface area (Å²) in [6.45, 7) is -0.0452. The highest BCUT2D eigenvalue weighted by Gasteiger charge is 2.31. The predicted octanol–water partition coefficient (Wildman–Crippen LogP) is 3.94. The van der Waals surface area contributed by atoms with Gasteiger partial charge < -0.3 is 10.6 Å². The zero-order valence-corrected chi connectivity index (χ0v) is 12.9. The van der Waals surface area contributed by atoms with E-state index in [2.05, 4.69) is 26.6 Å². The van der Waals surface area contributed by atoms with Gasteiger partial charge in [0.25, 0.3) is 0 Å². The van der Waals surface area contributed by atoms with Crippen molar-refractivity contribution in [3.05, 3.63) is 28.2 Å². The van der Waals surface area contributed by atoms with Crippen LogP contribution in [0.15, 0.2) is 22.7 Å². The van der Waals surface area contributed by atoms with Crippen LogP contribution in [-0.2, 0) is 11.0 Å². The number of carbonyl (C=O) groups is 1. The molecule has 7 heteroatoms. The molecular formula is C14H16BrF3N2O. The first-order valence-corrected chi connectivity index (χ1v) is 7.55. The lowest BCUT2D eigenvalue weighted by molar-refractivity contribution is -0.137. The molecule has 0 bridgehead atoms. The summed E-state index contributed by atoms with van der Waals surface area (Å²) in [5, 5.41) is 5.61. The summed E-state index contributed by atoms with van der Waals surface area (Å²) in [5.41, 5.74) is -0.490. The van der Waals surface area contributed by atoms with Crippen LogP contribution in [0, 0.1) is 0 Å². The van der Waals surface area contributed by atoms with Gasteiger partial charge >= 0.3 is 6.18 Å². The number of benzene rings is 1. The largest absolute Gasteiger partial charge is 0.416 e. The van der Waals surface area contributed by atoms with E-state index >= 15 is 0 Å². The topological polar surface area (TPSA) is 41.1 Å². The first-order chi connectivity index (χ1) is 9.86. The van der Waals surface area contributed by atoms with Crippen molar-refractivity contribution >= 4 is 27.5 Å². The molecule has 0 saturated heterocycles. The van der Waals surface area contributed by atoms with E-state index in [1.54, 1.807) is 0 Å². The molecule has 0 aromatic heterocycles. The van der Waals surface area contributed by atoms with Gasteiger partial charge in [0.05, 0.1) is 12.1 Å². The normalized spacial score (nSPS) is 16.0. The Kier molecular flexibility index (Phi) is 5.13. The SMILES string of the molecule is O=C(CNc1cc(C(F)(F)F)ccc1Br)NC1CCCC1. The van der Waals surface area contributed by atoms with E-state index in [9.17, 15) is 18.0 Å². The Morgan fingerprint density at radius 3 is 2.57 bits per heavy atom. The molecule has 0 heterocycles. The van der Waals surface area contributed by atoms with Crippen LogP contribution >= 0.6 is 15.9 Å². The van der Waals surface area contributed by atoms with Crippen LogP contribution in [0.4, 0.5) is 18.9 Å². The number of alkyl halides is 3. The van der Waals surface area contributed by atoms with Gasteiger partial charge in [0, 0.05) is 16.2 Å². The van der Waals surface area contributed by atoms with Crippen LogP contribution in [0.2, 0.25) is 0 Å². The van der Waals surface area contributed by atoms with E-state index in [-0.39, 0.29) is 24.2 Å². The van der Waals surface area contributed by atoms with Gasteiger partial charge in [-0.05, 0) is 47.0 Å². The maximum atomic E-state index is 12.6. The number of amides is 1. The highest BCUT2D eigenvalue weighted by Crippen LogP contribution is 2.33. The fraction of sp³-hybridized carbons (Fsp3) is 0.500. The Balaban J connectivity index is 1.94. The van der Waals surface area contributed by atoms with Crippen molar-refractivity contribution in [1.82, 2.24) is 5.32 Å². The van der Waals surface area contributed by atoms with E-state index < -0.39 is 11.7 Å². The summed E-state index contributed by atoms with van der Waals surface area (Å²) in [6.07, 6.45) is -0.240. The summed E-state index contributed by atoms with van der Waals surface area (Å²) in [6, 6.07) is 3.50. The molecule has 2 N–H and O–H groups in total. The fourth-order valence-electron chi connectivity index (χ4n) is 2.36. The zero-order chi connectivity index (χ0) is 15.5. The van der Waals surface area contributed by atoms with Gasteiger partial charge in [0.1, 0.15) is 0 Å². The average molecular weight is 365 g/mol. The summed E-state index contributed by atoms with van der Waals surface area (Å²) in [5.74, 6) is -0.203. The Bertz CT molecular complexity index is 513.